The number of aromatic nitrogens is 2. The molecule has 1 fully saturated rings. The first-order valence-corrected chi connectivity index (χ1v) is 8.40. The van der Waals surface area contributed by atoms with Gasteiger partial charge in [-0.2, -0.15) is 0 Å². The number of aryl methyl sites for hydroxylation is 1. The van der Waals surface area contributed by atoms with Crippen LogP contribution in [0.25, 0.3) is 0 Å². The Bertz CT molecular complexity index is 717. The molecule has 1 aliphatic heterocycles. The fourth-order valence-electron chi connectivity index (χ4n) is 3.23. The van der Waals surface area contributed by atoms with Crippen LogP contribution >= 0.6 is 0 Å². The van der Waals surface area contributed by atoms with Gasteiger partial charge in [-0.15, -0.1) is 0 Å². The molecule has 0 saturated carbocycles. The lowest BCUT2D eigenvalue weighted by Gasteiger charge is -2.43. The van der Waals surface area contributed by atoms with Crippen molar-refractivity contribution in [2.75, 3.05) is 13.1 Å². The molecule has 1 aromatic heterocycles. The van der Waals surface area contributed by atoms with Crippen LogP contribution in [-0.2, 0) is 11.3 Å². The van der Waals surface area contributed by atoms with Crippen molar-refractivity contribution in [3.8, 4) is 0 Å². The highest BCUT2D eigenvalue weighted by Gasteiger charge is 2.39. The second kappa shape index (κ2) is 6.93. The van der Waals surface area contributed by atoms with E-state index < -0.39 is 16.9 Å². The van der Waals surface area contributed by atoms with E-state index in [0.717, 1.165) is 6.42 Å². The number of hydrogen-bond acceptors (Lipinski definition) is 4. The van der Waals surface area contributed by atoms with E-state index in [1.54, 1.807) is 11.8 Å². The van der Waals surface area contributed by atoms with Crippen molar-refractivity contribution in [2.24, 2.45) is 11.8 Å². The van der Waals surface area contributed by atoms with E-state index >= 15 is 0 Å². The van der Waals surface area contributed by atoms with E-state index in [2.05, 4.69) is 18.8 Å². The molecule has 1 aliphatic rings. The third-order valence-corrected chi connectivity index (χ3v) is 4.81. The van der Waals surface area contributed by atoms with Crippen LogP contribution in [0.1, 0.15) is 39.2 Å². The fourth-order valence-corrected chi connectivity index (χ4v) is 3.23. The molecule has 0 aliphatic carbocycles. The predicted molar refractivity (Wildman–Crippen MR) is 90.8 cm³/mol. The smallest absolute Gasteiger partial charge is 0.328 e. The van der Waals surface area contributed by atoms with Gasteiger partial charge in [0, 0.05) is 30.8 Å². The summed E-state index contributed by atoms with van der Waals surface area (Å²) in [5.74, 6) is 0.276. The van der Waals surface area contributed by atoms with E-state index in [4.69, 9.17) is 0 Å². The zero-order valence-electron chi connectivity index (χ0n) is 14.8. The Labute approximate surface area is 141 Å². The number of aromatic amines is 1. The van der Waals surface area contributed by atoms with Crippen LogP contribution in [0.2, 0.25) is 0 Å². The van der Waals surface area contributed by atoms with Crippen LogP contribution in [0, 0.1) is 18.8 Å². The number of aliphatic hydroxyl groups is 1. The van der Waals surface area contributed by atoms with Gasteiger partial charge in [0.1, 0.15) is 6.54 Å². The van der Waals surface area contributed by atoms with Crippen LogP contribution < -0.4 is 11.2 Å². The number of carbonyl (C=O) groups excluding carboxylic acids is 1. The average Bonchev–Trinajstić information content (AvgIpc) is 2.46. The van der Waals surface area contributed by atoms with Crippen LogP contribution in [0.5, 0.6) is 0 Å². The predicted octanol–water partition coefficient (Wildman–Crippen LogP) is 0.491. The van der Waals surface area contributed by atoms with Crippen molar-refractivity contribution in [3.63, 3.8) is 0 Å². The summed E-state index contributed by atoms with van der Waals surface area (Å²) in [6.45, 7) is 8.47. The summed E-state index contributed by atoms with van der Waals surface area (Å²) in [6, 6.07) is 0. The number of rotatable bonds is 4. The van der Waals surface area contributed by atoms with Crippen LogP contribution in [0.4, 0.5) is 0 Å². The SMILES string of the molecule is Cc1cn(CC(=O)N2CC[C@@](C)(O)[C@@H](CC(C)C)C2)c(=O)[nH]c1=O. The largest absolute Gasteiger partial charge is 0.390 e. The van der Waals surface area contributed by atoms with Gasteiger partial charge >= 0.3 is 5.69 Å². The highest BCUT2D eigenvalue weighted by molar-refractivity contribution is 5.76. The summed E-state index contributed by atoms with van der Waals surface area (Å²) in [4.78, 5) is 39.7. The maximum absolute atomic E-state index is 12.6. The Morgan fingerprint density at radius 1 is 1.46 bits per heavy atom. The molecule has 0 bridgehead atoms. The number of carbonyl (C=O) groups is 1. The number of H-pyrrole nitrogens is 1. The highest BCUT2D eigenvalue weighted by atomic mass is 16.3. The quantitative estimate of drug-likeness (QED) is 0.836. The first-order valence-electron chi connectivity index (χ1n) is 8.40. The van der Waals surface area contributed by atoms with E-state index in [9.17, 15) is 19.5 Å². The minimum atomic E-state index is -0.771. The van der Waals surface area contributed by atoms with Crippen molar-refractivity contribution >= 4 is 5.91 Å². The van der Waals surface area contributed by atoms with Gasteiger partial charge in [-0.1, -0.05) is 13.8 Å². The standard InChI is InChI=1S/C17H27N3O4/c1-11(2)7-13-9-19(6-5-17(13,4)24)14(21)10-20-8-12(3)15(22)18-16(20)23/h8,11,13,24H,5-7,9-10H2,1-4H3,(H,18,22,23)/t13-,17+/m0/s1. The first kappa shape index (κ1) is 18.4. The molecule has 2 atom stereocenters. The lowest BCUT2D eigenvalue weighted by Crippen LogP contribution is -2.53. The van der Waals surface area contributed by atoms with Gasteiger partial charge < -0.3 is 10.0 Å². The van der Waals surface area contributed by atoms with Crippen molar-refractivity contribution in [1.29, 1.82) is 0 Å². The van der Waals surface area contributed by atoms with Gasteiger partial charge in [0.15, 0.2) is 0 Å². The molecule has 0 aromatic carbocycles. The summed E-state index contributed by atoms with van der Waals surface area (Å²) in [6.07, 6.45) is 2.77. The fraction of sp³-hybridized carbons (Fsp3) is 0.706. The summed E-state index contributed by atoms with van der Waals surface area (Å²) >= 11 is 0. The molecule has 2 rings (SSSR count). The summed E-state index contributed by atoms with van der Waals surface area (Å²) in [5, 5.41) is 10.6. The summed E-state index contributed by atoms with van der Waals surface area (Å²) in [5.41, 5.74) is -1.40. The third kappa shape index (κ3) is 4.14. The van der Waals surface area contributed by atoms with Crippen molar-refractivity contribution in [3.05, 3.63) is 32.6 Å². The number of likely N-dealkylation sites (tertiary alicyclic amines) is 1. The average molecular weight is 337 g/mol. The second-order valence-corrected chi connectivity index (χ2v) is 7.47. The van der Waals surface area contributed by atoms with Crippen LogP contribution in [0.15, 0.2) is 15.8 Å². The molecule has 1 amide bonds. The molecule has 24 heavy (non-hydrogen) atoms. The summed E-state index contributed by atoms with van der Waals surface area (Å²) < 4.78 is 1.23. The van der Waals surface area contributed by atoms with Crippen molar-refractivity contribution < 1.29 is 9.90 Å². The summed E-state index contributed by atoms with van der Waals surface area (Å²) in [7, 11) is 0. The molecule has 2 heterocycles. The zero-order chi connectivity index (χ0) is 18.1. The molecule has 0 radical (unpaired) electrons. The molecule has 7 nitrogen and oxygen atoms in total. The van der Waals surface area contributed by atoms with E-state index in [0.29, 0.717) is 31.0 Å². The maximum atomic E-state index is 12.6. The molecule has 0 spiro atoms. The van der Waals surface area contributed by atoms with E-state index in [-0.39, 0.29) is 18.4 Å². The number of piperidine rings is 1. The maximum Gasteiger partial charge on any atom is 0.328 e. The van der Waals surface area contributed by atoms with Gasteiger partial charge in [0.05, 0.1) is 5.60 Å². The normalized spacial score (nSPS) is 24.4. The van der Waals surface area contributed by atoms with Gasteiger partial charge in [-0.3, -0.25) is 19.1 Å². The molecule has 1 aromatic rings. The van der Waals surface area contributed by atoms with Crippen LogP contribution in [0.3, 0.4) is 0 Å². The van der Waals surface area contributed by atoms with Crippen molar-refractivity contribution in [1.82, 2.24) is 14.5 Å². The topological polar surface area (TPSA) is 95.4 Å². The van der Waals surface area contributed by atoms with E-state index in [1.165, 1.54) is 10.8 Å². The van der Waals surface area contributed by atoms with Gasteiger partial charge in [-0.05, 0) is 32.6 Å². The molecule has 134 valence electrons. The Balaban J connectivity index is 2.12. The van der Waals surface area contributed by atoms with Crippen molar-refractivity contribution in [2.45, 2.75) is 52.7 Å². The Morgan fingerprint density at radius 3 is 2.75 bits per heavy atom. The number of amides is 1. The highest BCUT2D eigenvalue weighted by Crippen LogP contribution is 2.32. The number of nitrogens with one attached hydrogen (secondary N) is 1. The van der Waals surface area contributed by atoms with Crippen LogP contribution in [-0.4, -0.2) is 44.2 Å². The molecule has 1 saturated heterocycles. The van der Waals surface area contributed by atoms with Gasteiger partial charge in [-0.25, -0.2) is 4.79 Å². The van der Waals surface area contributed by atoms with E-state index in [1.807, 2.05) is 6.92 Å². The zero-order valence-corrected chi connectivity index (χ0v) is 14.8. The number of hydrogen-bond donors (Lipinski definition) is 2. The minimum Gasteiger partial charge on any atom is -0.390 e. The lowest BCUT2D eigenvalue weighted by molar-refractivity contribution is -0.140. The number of nitrogens with zero attached hydrogens (tertiary/aromatic N) is 2. The lowest BCUT2D eigenvalue weighted by atomic mass is 9.78. The third-order valence-electron chi connectivity index (χ3n) is 4.81. The first-order chi connectivity index (χ1) is 11.1. The van der Waals surface area contributed by atoms with Gasteiger partial charge in [0.25, 0.3) is 5.56 Å². The molecular weight excluding hydrogens is 310 g/mol. The monoisotopic (exact) mass is 337 g/mol. The molecular formula is C17H27N3O4. The Morgan fingerprint density at radius 2 is 2.12 bits per heavy atom. The molecule has 2 N–H and O–H groups in total. The molecule has 0 unspecified atom stereocenters. The Kier molecular flexibility index (Phi) is 5.32. The molecule has 7 heteroatoms. The Hall–Kier alpha value is -1.89. The minimum absolute atomic E-state index is 0.0178. The second-order valence-electron chi connectivity index (χ2n) is 7.47. The van der Waals surface area contributed by atoms with Gasteiger partial charge in [0.2, 0.25) is 5.91 Å².